The lowest BCUT2D eigenvalue weighted by atomic mass is 9.83. The summed E-state index contributed by atoms with van der Waals surface area (Å²) in [7, 11) is 0. The van der Waals surface area contributed by atoms with Gasteiger partial charge in [0.1, 0.15) is 0 Å². The Morgan fingerprint density at radius 2 is 2.00 bits per heavy atom. The Morgan fingerprint density at radius 3 is 2.60 bits per heavy atom. The monoisotopic (exact) mass is 340 g/mol. The first-order valence-electron chi connectivity index (χ1n) is 6.68. The summed E-state index contributed by atoms with van der Waals surface area (Å²) < 4.78 is 0.569. The summed E-state index contributed by atoms with van der Waals surface area (Å²) in [6.45, 7) is 2.04. The third kappa shape index (κ3) is 3.36. The maximum Gasteiger partial charge on any atom is 0.270 e. The Morgan fingerprint density at radius 1 is 1.35 bits per heavy atom. The summed E-state index contributed by atoms with van der Waals surface area (Å²) in [5.41, 5.74) is 0.0255. The van der Waals surface area contributed by atoms with Crippen LogP contribution < -0.4 is 5.32 Å². The average molecular weight is 341 g/mol. The quantitative estimate of drug-likeness (QED) is 0.671. The van der Waals surface area contributed by atoms with E-state index in [-0.39, 0.29) is 17.1 Å². The molecule has 0 aliphatic heterocycles. The first-order chi connectivity index (χ1) is 9.41. The number of nitrogens with one attached hydrogen (secondary N) is 1. The molecule has 0 atom stereocenters. The maximum atomic E-state index is 12.4. The van der Waals surface area contributed by atoms with E-state index in [1.807, 2.05) is 6.92 Å². The van der Waals surface area contributed by atoms with Crippen molar-refractivity contribution in [3.63, 3.8) is 0 Å². The molecule has 6 heteroatoms. The van der Waals surface area contributed by atoms with E-state index in [0.717, 1.165) is 25.7 Å². The van der Waals surface area contributed by atoms with E-state index in [1.165, 1.54) is 24.6 Å². The molecule has 0 saturated heterocycles. The Labute approximate surface area is 126 Å². The molecule has 0 heterocycles. The molecular formula is C14H17BrN2O3. The zero-order valence-electron chi connectivity index (χ0n) is 11.3. The summed E-state index contributed by atoms with van der Waals surface area (Å²) in [4.78, 5) is 22.7. The molecule has 0 aromatic heterocycles. The van der Waals surface area contributed by atoms with Crippen molar-refractivity contribution >= 4 is 27.5 Å². The molecule has 0 bridgehead atoms. The van der Waals surface area contributed by atoms with Crippen molar-refractivity contribution in [2.45, 2.75) is 44.6 Å². The average Bonchev–Trinajstić information content (AvgIpc) is 2.39. The van der Waals surface area contributed by atoms with E-state index in [1.54, 1.807) is 0 Å². The van der Waals surface area contributed by atoms with Crippen molar-refractivity contribution in [1.82, 2.24) is 5.32 Å². The lowest BCUT2D eigenvalue weighted by Crippen LogP contribution is -2.47. The van der Waals surface area contributed by atoms with Gasteiger partial charge in [0.05, 0.1) is 10.5 Å². The van der Waals surface area contributed by atoms with E-state index in [9.17, 15) is 14.9 Å². The molecule has 1 amide bonds. The van der Waals surface area contributed by atoms with Crippen LogP contribution in [-0.4, -0.2) is 16.4 Å². The molecule has 20 heavy (non-hydrogen) atoms. The highest BCUT2D eigenvalue weighted by Crippen LogP contribution is 2.29. The fraction of sp³-hybridized carbons (Fsp3) is 0.500. The second-order valence-electron chi connectivity index (χ2n) is 5.50. The van der Waals surface area contributed by atoms with Gasteiger partial charge in [-0.2, -0.15) is 0 Å². The number of rotatable bonds is 3. The molecule has 0 unspecified atom stereocenters. The minimum absolute atomic E-state index is 0.0767. The molecule has 1 aliphatic carbocycles. The number of nitrogens with zero attached hydrogens (tertiary/aromatic N) is 1. The van der Waals surface area contributed by atoms with Gasteiger partial charge in [-0.1, -0.05) is 19.3 Å². The van der Waals surface area contributed by atoms with Crippen LogP contribution in [0, 0.1) is 10.1 Å². The van der Waals surface area contributed by atoms with Crippen LogP contribution in [0.2, 0.25) is 0 Å². The Balaban J connectivity index is 2.20. The van der Waals surface area contributed by atoms with Gasteiger partial charge < -0.3 is 5.32 Å². The van der Waals surface area contributed by atoms with Crippen molar-refractivity contribution in [3.05, 3.63) is 38.3 Å². The molecule has 1 aromatic rings. The topological polar surface area (TPSA) is 72.2 Å². The first kappa shape index (κ1) is 15.0. The lowest BCUT2D eigenvalue weighted by molar-refractivity contribution is -0.384. The van der Waals surface area contributed by atoms with Gasteiger partial charge in [-0.15, -0.1) is 0 Å². The van der Waals surface area contributed by atoms with Crippen LogP contribution in [-0.2, 0) is 0 Å². The molecule has 1 fully saturated rings. The predicted molar refractivity (Wildman–Crippen MR) is 79.8 cm³/mol. The van der Waals surface area contributed by atoms with Crippen LogP contribution in [0.25, 0.3) is 0 Å². The second-order valence-corrected chi connectivity index (χ2v) is 6.35. The molecule has 5 nitrogen and oxygen atoms in total. The number of hydrogen-bond acceptors (Lipinski definition) is 3. The Kier molecular flexibility index (Phi) is 4.42. The molecule has 0 radical (unpaired) electrons. The number of non-ortho nitro benzene ring substituents is 1. The second kappa shape index (κ2) is 5.91. The van der Waals surface area contributed by atoms with E-state index in [0.29, 0.717) is 10.0 Å². The molecule has 0 spiro atoms. The van der Waals surface area contributed by atoms with E-state index >= 15 is 0 Å². The van der Waals surface area contributed by atoms with E-state index in [4.69, 9.17) is 0 Å². The number of amides is 1. The van der Waals surface area contributed by atoms with Crippen LogP contribution >= 0.6 is 15.9 Å². The molecule has 108 valence electrons. The highest BCUT2D eigenvalue weighted by atomic mass is 79.9. The van der Waals surface area contributed by atoms with E-state index in [2.05, 4.69) is 21.2 Å². The van der Waals surface area contributed by atoms with Gasteiger partial charge in [0.2, 0.25) is 0 Å². The summed E-state index contributed by atoms with van der Waals surface area (Å²) in [5.74, 6) is -0.259. The molecular weight excluding hydrogens is 324 g/mol. The van der Waals surface area contributed by atoms with Gasteiger partial charge in [-0.05, 0) is 41.8 Å². The van der Waals surface area contributed by atoms with Crippen molar-refractivity contribution in [3.8, 4) is 0 Å². The largest absolute Gasteiger partial charge is 0.347 e. The minimum atomic E-state index is -0.495. The molecule has 1 aliphatic rings. The Hall–Kier alpha value is -1.43. The third-order valence-corrected chi connectivity index (χ3v) is 4.47. The Bertz CT molecular complexity index is 539. The molecule has 1 saturated carbocycles. The lowest BCUT2D eigenvalue weighted by Gasteiger charge is -2.34. The summed E-state index contributed by atoms with van der Waals surface area (Å²) in [6, 6.07) is 4.23. The molecule has 1 N–H and O–H groups in total. The van der Waals surface area contributed by atoms with Crippen LogP contribution in [0.15, 0.2) is 22.7 Å². The van der Waals surface area contributed by atoms with Gasteiger partial charge in [0.25, 0.3) is 11.6 Å². The molecule has 2 rings (SSSR count). The van der Waals surface area contributed by atoms with Gasteiger partial charge in [-0.3, -0.25) is 14.9 Å². The van der Waals surface area contributed by atoms with Crippen LogP contribution in [0.4, 0.5) is 5.69 Å². The fourth-order valence-electron chi connectivity index (χ4n) is 2.60. The standard InChI is InChI=1S/C14H17BrN2O3/c1-14(7-3-2-4-8-14)16-13(18)11-9-10(17(19)20)5-6-12(11)15/h5-6,9H,2-4,7-8H2,1H3,(H,16,18). The number of nitro benzene ring substituents is 1. The first-order valence-corrected chi connectivity index (χ1v) is 7.47. The van der Waals surface area contributed by atoms with Crippen LogP contribution in [0.3, 0.4) is 0 Å². The van der Waals surface area contributed by atoms with Crippen LogP contribution in [0.5, 0.6) is 0 Å². The number of hydrogen-bond donors (Lipinski definition) is 1. The number of benzene rings is 1. The van der Waals surface area contributed by atoms with Crippen molar-refractivity contribution in [2.24, 2.45) is 0 Å². The highest BCUT2D eigenvalue weighted by molar-refractivity contribution is 9.10. The summed E-state index contributed by atoms with van der Waals surface area (Å²) in [5, 5.41) is 13.8. The fourth-order valence-corrected chi connectivity index (χ4v) is 3.03. The SMILES string of the molecule is CC1(NC(=O)c2cc([N+](=O)[O-])ccc2Br)CCCCC1. The zero-order valence-corrected chi connectivity index (χ0v) is 12.9. The summed E-state index contributed by atoms with van der Waals surface area (Å²) in [6.07, 6.45) is 5.31. The number of nitro groups is 1. The van der Waals surface area contributed by atoms with Gasteiger partial charge >= 0.3 is 0 Å². The van der Waals surface area contributed by atoms with Gasteiger partial charge in [0, 0.05) is 22.1 Å². The number of halogens is 1. The number of carbonyl (C=O) groups excluding carboxylic acids is 1. The van der Waals surface area contributed by atoms with Crippen molar-refractivity contribution in [1.29, 1.82) is 0 Å². The van der Waals surface area contributed by atoms with Crippen molar-refractivity contribution < 1.29 is 9.72 Å². The van der Waals surface area contributed by atoms with Crippen molar-refractivity contribution in [2.75, 3.05) is 0 Å². The zero-order chi connectivity index (χ0) is 14.8. The van der Waals surface area contributed by atoms with Crippen LogP contribution in [0.1, 0.15) is 49.4 Å². The smallest absolute Gasteiger partial charge is 0.270 e. The minimum Gasteiger partial charge on any atom is -0.347 e. The van der Waals surface area contributed by atoms with Gasteiger partial charge in [-0.25, -0.2) is 0 Å². The van der Waals surface area contributed by atoms with Gasteiger partial charge in [0.15, 0.2) is 0 Å². The number of carbonyl (C=O) groups is 1. The highest BCUT2D eigenvalue weighted by Gasteiger charge is 2.29. The normalized spacial score (nSPS) is 17.5. The van der Waals surface area contributed by atoms with E-state index < -0.39 is 4.92 Å². The third-order valence-electron chi connectivity index (χ3n) is 3.78. The molecule has 1 aromatic carbocycles. The summed E-state index contributed by atoms with van der Waals surface area (Å²) >= 11 is 3.28. The predicted octanol–water partition coefficient (Wildman–Crippen LogP) is 3.81. The maximum absolute atomic E-state index is 12.4.